The number of nitrogens with one attached hydrogen (secondary N) is 2. The molecule has 2 saturated heterocycles. The normalized spacial score (nSPS) is 22.5. The van der Waals surface area contributed by atoms with Crippen molar-refractivity contribution < 1.29 is 14.4 Å². The fraction of sp³-hybridized carbons (Fsp3) is 0.500. The van der Waals surface area contributed by atoms with Crippen LogP contribution in [0.1, 0.15) is 42.7 Å². The molecule has 8 nitrogen and oxygen atoms in total. The highest BCUT2D eigenvalue weighted by Crippen LogP contribution is 2.19. The van der Waals surface area contributed by atoms with E-state index < -0.39 is 0 Å². The molecule has 2 N–H and O–H groups in total. The first-order chi connectivity index (χ1) is 15.2. The molecule has 1 amide bonds. The van der Waals surface area contributed by atoms with Gasteiger partial charge >= 0.3 is 0 Å². The molecule has 0 spiro atoms. The summed E-state index contributed by atoms with van der Waals surface area (Å²) in [6.45, 7) is 3.79. The van der Waals surface area contributed by atoms with Crippen LogP contribution < -0.4 is 10.8 Å². The van der Waals surface area contributed by atoms with Crippen LogP contribution in [0.5, 0.6) is 0 Å². The molecule has 1 unspecified atom stereocenters. The number of thiophene rings is 1. The van der Waals surface area contributed by atoms with Crippen molar-refractivity contribution in [2.75, 3.05) is 25.0 Å². The van der Waals surface area contributed by atoms with Gasteiger partial charge in [-0.25, -0.2) is 15.3 Å². The topological polar surface area (TPSA) is 88.6 Å². The zero-order chi connectivity index (χ0) is 21.3. The standard InChI is InChI=1S/C22H29N5O3S/c28-21(26-30-22-7-1-2-11-29-22)9-8-17-13-24-20(14-23-17)25-18-5-3-10-27(15-18)16-19-6-4-12-31-19/h4,6,8-9,12-14,18,22H,1-3,5,7,10-11,15-16H2,(H,24,25)(H,26,28)/b9-8+/t18-,22?/m1/s1. The van der Waals surface area contributed by atoms with Crippen molar-refractivity contribution in [3.8, 4) is 0 Å². The Hall–Kier alpha value is -2.33. The summed E-state index contributed by atoms with van der Waals surface area (Å²) >= 11 is 1.81. The molecule has 2 aliphatic heterocycles. The van der Waals surface area contributed by atoms with E-state index in [1.165, 1.54) is 17.4 Å². The first-order valence-electron chi connectivity index (χ1n) is 10.8. The third-order valence-corrected chi connectivity index (χ3v) is 6.18. The molecule has 9 heteroatoms. The Balaban J connectivity index is 1.21. The van der Waals surface area contributed by atoms with Gasteiger partial charge in [-0.1, -0.05) is 6.07 Å². The largest absolute Gasteiger partial charge is 0.365 e. The zero-order valence-electron chi connectivity index (χ0n) is 17.5. The van der Waals surface area contributed by atoms with Gasteiger partial charge < -0.3 is 10.1 Å². The number of amides is 1. The molecule has 31 heavy (non-hydrogen) atoms. The van der Waals surface area contributed by atoms with E-state index in [0.717, 1.165) is 51.1 Å². The Kier molecular flexibility index (Phi) is 8.00. The second-order valence-corrected chi connectivity index (χ2v) is 8.87. The lowest BCUT2D eigenvalue weighted by molar-refractivity contribution is -0.198. The average Bonchev–Trinajstić information content (AvgIpc) is 3.31. The number of carbonyl (C=O) groups is 1. The first-order valence-corrected chi connectivity index (χ1v) is 11.7. The van der Waals surface area contributed by atoms with Crippen molar-refractivity contribution in [1.29, 1.82) is 0 Å². The molecular weight excluding hydrogens is 414 g/mol. The molecule has 2 aromatic rings. The molecule has 0 aliphatic carbocycles. The van der Waals surface area contributed by atoms with Gasteiger partial charge in [0.2, 0.25) is 0 Å². The van der Waals surface area contributed by atoms with Crippen molar-refractivity contribution in [3.05, 3.63) is 46.6 Å². The summed E-state index contributed by atoms with van der Waals surface area (Å²) in [4.78, 5) is 29.9. The van der Waals surface area contributed by atoms with Crippen LogP contribution in [0.3, 0.4) is 0 Å². The molecule has 0 saturated carbocycles. The van der Waals surface area contributed by atoms with E-state index in [9.17, 15) is 4.79 Å². The molecule has 4 heterocycles. The van der Waals surface area contributed by atoms with Gasteiger partial charge in [0.25, 0.3) is 5.91 Å². The molecule has 4 rings (SSSR count). The highest BCUT2D eigenvalue weighted by molar-refractivity contribution is 7.09. The number of hydrogen-bond acceptors (Lipinski definition) is 8. The van der Waals surface area contributed by atoms with Crippen molar-refractivity contribution in [1.82, 2.24) is 20.3 Å². The number of hydroxylamine groups is 1. The number of nitrogens with zero attached hydrogens (tertiary/aromatic N) is 3. The van der Waals surface area contributed by atoms with Gasteiger partial charge in [-0.2, -0.15) is 0 Å². The van der Waals surface area contributed by atoms with E-state index in [1.54, 1.807) is 29.8 Å². The summed E-state index contributed by atoms with van der Waals surface area (Å²) in [5.74, 6) is 0.397. The molecule has 0 radical (unpaired) electrons. The van der Waals surface area contributed by atoms with E-state index in [-0.39, 0.29) is 12.2 Å². The van der Waals surface area contributed by atoms with Crippen LogP contribution >= 0.6 is 11.3 Å². The summed E-state index contributed by atoms with van der Waals surface area (Å²) in [6, 6.07) is 4.65. The van der Waals surface area contributed by atoms with E-state index >= 15 is 0 Å². The number of rotatable bonds is 8. The van der Waals surface area contributed by atoms with Gasteiger partial charge in [0.15, 0.2) is 6.29 Å². The Morgan fingerprint density at radius 2 is 2.26 bits per heavy atom. The van der Waals surface area contributed by atoms with Crippen molar-refractivity contribution in [3.63, 3.8) is 0 Å². The Morgan fingerprint density at radius 3 is 3.03 bits per heavy atom. The van der Waals surface area contributed by atoms with E-state index in [2.05, 4.69) is 43.2 Å². The third-order valence-electron chi connectivity index (χ3n) is 5.32. The Labute approximate surface area is 186 Å². The Bertz CT molecular complexity index is 837. The minimum Gasteiger partial charge on any atom is -0.365 e. The van der Waals surface area contributed by atoms with Crippen molar-refractivity contribution in [2.45, 2.75) is 51.0 Å². The number of aromatic nitrogens is 2. The highest BCUT2D eigenvalue weighted by Gasteiger charge is 2.20. The molecular formula is C22H29N5O3S. The van der Waals surface area contributed by atoms with Crippen molar-refractivity contribution in [2.24, 2.45) is 0 Å². The lowest BCUT2D eigenvalue weighted by atomic mass is 10.1. The fourth-order valence-electron chi connectivity index (χ4n) is 3.77. The van der Waals surface area contributed by atoms with Crippen LogP contribution in [-0.2, 0) is 20.9 Å². The quantitative estimate of drug-likeness (QED) is 0.478. The van der Waals surface area contributed by atoms with Crippen LogP contribution in [0, 0.1) is 0 Å². The monoisotopic (exact) mass is 443 g/mol. The van der Waals surface area contributed by atoms with Gasteiger partial charge in [-0.15, -0.1) is 11.3 Å². The predicted octanol–water partition coefficient (Wildman–Crippen LogP) is 3.20. The Morgan fingerprint density at radius 1 is 1.29 bits per heavy atom. The minimum absolute atomic E-state index is 0.355. The maximum Gasteiger partial charge on any atom is 0.267 e. The molecule has 2 aromatic heterocycles. The summed E-state index contributed by atoms with van der Waals surface area (Å²) in [5.41, 5.74) is 3.00. The van der Waals surface area contributed by atoms with Crippen molar-refractivity contribution >= 4 is 29.1 Å². The molecule has 2 aliphatic rings. The molecule has 166 valence electrons. The fourth-order valence-corrected chi connectivity index (χ4v) is 4.52. The highest BCUT2D eigenvalue weighted by atomic mass is 32.1. The van der Waals surface area contributed by atoms with Crippen LogP contribution in [-0.4, -0.2) is 52.8 Å². The first kappa shape index (κ1) is 21.9. The van der Waals surface area contributed by atoms with Gasteiger partial charge in [0.05, 0.1) is 18.1 Å². The third kappa shape index (κ3) is 7.10. The van der Waals surface area contributed by atoms with Crippen LogP contribution in [0.4, 0.5) is 5.82 Å². The van der Waals surface area contributed by atoms with Crippen LogP contribution in [0.15, 0.2) is 36.0 Å². The van der Waals surface area contributed by atoms with Crippen LogP contribution in [0.2, 0.25) is 0 Å². The molecule has 2 fully saturated rings. The number of hydrogen-bond donors (Lipinski definition) is 2. The number of carbonyl (C=O) groups excluding carboxylic acids is 1. The number of anilines is 1. The maximum absolute atomic E-state index is 11.9. The lowest BCUT2D eigenvalue weighted by Crippen LogP contribution is -2.41. The molecule has 0 aromatic carbocycles. The molecule has 2 atom stereocenters. The lowest BCUT2D eigenvalue weighted by Gasteiger charge is -2.33. The summed E-state index contributed by atoms with van der Waals surface area (Å²) in [7, 11) is 0. The minimum atomic E-state index is -0.364. The van der Waals surface area contributed by atoms with E-state index in [1.807, 2.05) is 0 Å². The van der Waals surface area contributed by atoms with E-state index in [4.69, 9.17) is 9.57 Å². The molecule has 0 bridgehead atoms. The number of ether oxygens (including phenoxy) is 1. The second kappa shape index (κ2) is 11.3. The van der Waals surface area contributed by atoms with Gasteiger partial charge in [-0.3, -0.25) is 14.7 Å². The maximum atomic E-state index is 11.9. The number of piperidine rings is 1. The number of likely N-dealkylation sites (tertiary alicyclic amines) is 1. The van der Waals surface area contributed by atoms with Gasteiger partial charge in [0, 0.05) is 43.1 Å². The smallest absolute Gasteiger partial charge is 0.267 e. The summed E-state index contributed by atoms with van der Waals surface area (Å²) < 4.78 is 5.41. The van der Waals surface area contributed by atoms with E-state index in [0.29, 0.717) is 18.3 Å². The zero-order valence-corrected chi connectivity index (χ0v) is 18.4. The predicted molar refractivity (Wildman–Crippen MR) is 120 cm³/mol. The van der Waals surface area contributed by atoms with Crippen LogP contribution in [0.25, 0.3) is 6.08 Å². The average molecular weight is 444 g/mol. The summed E-state index contributed by atoms with van der Waals surface area (Å²) in [5, 5.41) is 5.62. The second-order valence-electron chi connectivity index (χ2n) is 7.84. The van der Waals surface area contributed by atoms with Gasteiger partial charge in [0.1, 0.15) is 5.82 Å². The SMILES string of the molecule is O=C(/C=C/c1cnc(N[C@@H]2CCCN(Cc3cccs3)C2)cn1)NOC1CCCCO1. The summed E-state index contributed by atoms with van der Waals surface area (Å²) in [6.07, 6.45) is 11.1. The van der Waals surface area contributed by atoms with Gasteiger partial charge in [-0.05, 0) is 49.8 Å².